The number of carbonyl (C=O) groups is 1. The summed E-state index contributed by atoms with van der Waals surface area (Å²) >= 11 is 3.28. The Labute approximate surface area is 120 Å². The van der Waals surface area contributed by atoms with E-state index in [1.54, 1.807) is 0 Å². The molecule has 0 unspecified atom stereocenters. The van der Waals surface area contributed by atoms with Crippen molar-refractivity contribution in [2.75, 3.05) is 6.54 Å². The van der Waals surface area contributed by atoms with Gasteiger partial charge >= 0.3 is 5.97 Å². The molecule has 1 aliphatic rings. The first-order valence-electron chi connectivity index (χ1n) is 6.39. The van der Waals surface area contributed by atoms with Gasteiger partial charge in [0.2, 0.25) is 0 Å². The van der Waals surface area contributed by atoms with E-state index in [4.69, 9.17) is 0 Å². The molecule has 1 aromatic rings. The molecular formula is C14H17BrFNO2. The van der Waals surface area contributed by atoms with Crippen LogP contribution in [0.3, 0.4) is 0 Å². The Bertz CT molecular complexity index is 460. The van der Waals surface area contributed by atoms with Crippen molar-refractivity contribution in [2.24, 2.45) is 5.92 Å². The van der Waals surface area contributed by atoms with Crippen molar-refractivity contribution in [2.45, 2.75) is 32.4 Å². The van der Waals surface area contributed by atoms with Crippen LogP contribution in [0.1, 0.15) is 25.3 Å². The molecule has 0 radical (unpaired) electrons. The number of rotatable bonds is 3. The Balaban J connectivity index is 2.11. The van der Waals surface area contributed by atoms with E-state index >= 15 is 0 Å². The highest BCUT2D eigenvalue weighted by atomic mass is 79.9. The predicted octanol–water partition coefficient (Wildman–Crippen LogP) is 3.27. The second kappa shape index (κ2) is 6.01. The zero-order valence-corrected chi connectivity index (χ0v) is 12.4. The number of hydrogen-bond donors (Lipinski definition) is 1. The predicted molar refractivity (Wildman–Crippen MR) is 74.3 cm³/mol. The summed E-state index contributed by atoms with van der Waals surface area (Å²) in [6.45, 7) is 3.38. The third kappa shape index (κ3) is 3.54. The van der Waals surface area contributed by atoms with Crippen molar-refractivity contribution < 1.29 is 14.3 Å². The van der Waals surface area contributed by atoms with Gasteiger partial charge < -0.3 is 5.11 Å². The van der Waals surface area contributed by atoms with Crippen LogP contribution in [0.4, 0.5) is 4.39 Å². The van der Waals surface area contributed by atoms with Crippen molar-refractivity contribution in [3.63, 3.8) is 0 Å². The van der Waals surface area contributed by atoms with E-state index in [2.05, 4.69) is 20.8 Å². The summed E-state index contributed by atoms with van der Waals surface area (Å²) in [6.07, 6.45) is 1.59. The van der Waals surface area contributed by atoms with E-state index in [1.807, 2.05) is 13.0 Å². The molecule has 1 aromatic carbocycles. The number of carboxylic acid groups (broad SMARTS) is 1. The molecule has 0 amide bonds. The van der Waals surface area contributed by atoms with Crippen LogP contribution in [0.15, 0.2) is 22.7 Å². The maximum atomic E-state index is 13.3. The fourth-order valence-corrected chi connectivity index (χ4v) is 3.22. The number of likely N-dealkylation sites (tertiary alicyclic amines) is 1. The third-order valence-corrected chi connectivity index (χ3v) is 4.20. The average molecular weight is 330 g/mol. The van der Waals surface area contributed by atoms with Crippen LogP contribution in [-0.4, -0.2) is 28.6 Å². The second-order valence-corrected chi connectivity index (χ2v) is 5.99. The van der Waals surface area contributed by atoms with Gasteiger partial charge in [0.05, 0.1) is 5.92 Å². The molecule has 0 spiro atoms. The minimum absolute atomic E-state index is 0.0201. The van der Waals surface area contributed by atoms with Crippen molar-refractivity contribution in [3.05, 3.63) is 34.1 Å². The Hall–Kier alpha value is -0.940. The topological polar surface area (TPSA) is 40.5 Å². The zero-order chi connectivity index (χ0) is 14.0. The normalized spacial score (nSPS) is 24.4. The summed E-state index contributed by atoms with van der Waals surface area (Å²) in [5.41, 5.74) is 0.866. The van der Waals surface area contributed by atoms with Crippen LogP contribution in [0.25, 0.3) is 0 Å². The lowest BCUT2D eigenvalue weighted by Gasteiger charge is -2.37. The SMILES string of the molecule is C[C@@H]1[C@H](C(=O)O)CCCN1Cc1cc(F)cc(Br)c1. The van der Waals surface area contributed by atoms with Gasteiger partial charge in [0.15, 0.2) is 0 Å². The van der Waals surface area contributed by atoms with Gasteiger partial charge in [0.25, 0.3) is 0 Å². The van der Waals surface area contributed by atoms with E-state index in [0.29, 0.717) is 11.0 Å². The smallest absolute Gasteiger partial charge is 0.308 e. The van der Waals surface area contributed by atoms with Gasteiger partial charge in [-0.2, -0.15) is 0 Å². The monoisotopic (exact) mass is 329 g/mol. The maximum Gasteiger partial charge on any atom is 0.308 e. The third-order valence-electron chi connectivity index (χ3n) is 3.74. The second-order valence-electron chi connectivity index (χ2n) is 5.08. The minimum atomic E-state index is -0.738. The van der Waals surface area contributed by atoms with E-state index in [1.165, 1.54) is 12.1 Å². The molecule has 104 valence electrons. The highest BCUT2D eigenvalue weighted by molar-refractivity contribution is 9.10. The Kier molecular flexibility index (Phi) is 4.58. The van der Waals surface area contributed by atoms with Gasteiger partial charge in [-0.05, 0) is 50.1 Å². The number of piperidine rings is 1. The summed E-state index contributed by atoms with van der Waals surface area (Å²) in [5.74, 6) is -1.34. The molecule has 1 N–H and O–H groups in total. The summed E-state index contributed by atoms with van der Waals surface area (Å²) < 4.78 is 14.1. The van der Waals surface area contributed by atoms with E-state index < -0.39 is 5.97 Å². The summed E-state index contributed by atoms with van der Waals surface area (Å²) in [5, 5.41) is 9.19. The molecule has 0 bridgehead atoms. The molecule has 0 aromatic heterocycles. The quantitative estimate of drug-likeness (QED) is 0.925. The van der Waals surface area contributed by atoms with Crippen LogP contribution in [0, 0.1) is 11.7 Å². The summed E-state index contributed by atoms with van der Waals surface area (Å²) in [4.78, 5) is 13.3. The first-order chi connectivity index (χ1) is 8.97. The summed E-state index contributed by atoms with van der Waals surface area (Å²) in [6, 6.07) is 4.78. The fourth-order valence-electron chi connectivity index (χ4n) is 2.70. The Morgan fingerprint density at radius 2 is 2.26 bits per heavy atom. The first kappa shape index (κ1) is 14.5. The first-order valence-corrected chi connectivity index (χ1v) is 7.18. The lowest BCUT2D eigenvalue weighted by atomic mass is 9.90. The molecule has 3 nitrogen and oxygen atoms in total. The van der Waals surface area contributed by atoms with E-state index in [9.17, 15) is 14.3 Å². The number of carboxylic acids is 1. The molecule has 1 heterocycles. The van der Waals surface area contributed by atoms with Crippen molar-refractivity contribution in [1.29, 1.82) is 0 Å². The van der Waals surface area contributed by atoms with Crippen LogP contribution < -0.4 is 0 Å². The standard InChI is InChI=1S/C14H17BrFNO2/c1-9-13(14(18)19)3-2-4-17(9)8-10-5-11(15)7-12(16)6-10/h5-7,9,13H,2-4,8H2,1H3,(H,18,19)/t9-,13-/m1/s1. The highest BCUT2D eigenvalue weighted by Crippen LogP contribution is 2.26. The largest absolute Gasteiger partial charge is 0.481 e. The van der Waals surface area contributed by atoms with Gasteiger partial charge in [-0.25, -0.2) is 4.39 Å². The lowest BCUT2D eigenvalue weighted by Crippen LogP contribution is -2.45. The maximum absolute atomic E-state index is 13.3. The molecule has 1 saturated heterocycles. The Morgan fingerprint density at radius 3 is 2.89 bits per heavy atom. The van der Waals surface area contributed by atoms with Crippen molar-refractivity contribution in [1.82, 2.24) is 4.90 Å². The number of halogens is 2. The van der Waals surface area contributed by atoms with Crippen molar-refractivity contribution in [3.8, 4) is 0 Å². The zero-order valence-electron chi connectivity index (χ0n) is 10.8. The number of aliphatic carboxylic acids is 1. The van der Waals surface area contributed by atoms with E-state index in [0.717, 1.165) is 24.9 Å². The van der Waals surface area contributed by atoms with Gasteiger partial charge in [-0.1, -0.05) is 15.9 Å². The fraction of sp³-hybridized carbons (Fsp3) is 0.500. The molecular weight excluding hydrogens is 313 g/mol. The van der Waals surface area contributed by atoms with Gasteiger partial charge in [0, 0.05) is 17.1 Å². The van der Waals surface area contributed by atoms with Gasteiger partial charge in [-0.15, -0.1) is 0 Å². The minimum Gasteiger partial charge on any atom is -0.481 e. The summed E-state index contributed by atoms with van der Waals surface area (Å²) in [7, 11) is 0. The average Bonchev–Trinajstić information content (AvgIpc) is 2.30. The van der Waals surface area contributed by atoms with Crippen LogP contribution in [0.2, 0.25) is 0 Å². The van der Waals surface area contributed by atoms with Crippen molar-refractivity contribution >= 4 is 21.9 Å². The van der Waals surface area contributed by atoms with Crippen LogP contribution >= 0.6 is 15.9 Å². The molecule has 0 saturated carbocycles. The Morgan fingerprint density at radius 1 is 1.53 bits per heavy atom. The van der Waals surface area contributed by atoms with Gasteiger partial charge in [-0.3, -0.25) is 9.69 Å². The van der Waals surface area contributed by atoms with Gasteiger partial charge in [0.1, 0.15) is 5.82 Å². The van der Waals surface area contributed by atoms with E-state index in [-0.39, 0.29) is 17.8 Å². The van der Waals surface area contributed by atoms with Crippen LogP contribution in [0.5, 0.6) is 0 Å². The molecule has 0 aliphatic carbocycles. The number of hydrogen-bond acceptors (Lipinski definition) is 2. The molecule has 2 rings (SSSR count). The number of benzene rings is 1. The molecule has 1 fully saturated rings. The van der Waals surface area contributed by atoms with Crippen LogP contribution in [-0.2, 0) is 11.3 Å². The number of nitrogens with zero attached hydrogens (tertiary/aromatic N) is 1. The molecule has 2 atom stereocenters. The lowest BCUT2D eigenvalue weighted by molar-refractivity contribution is -0.145. The molecule has 5 heteroatoms. The molecule has 19 heavy (non-hydrogen) atoms. The molecule has 1 aliphatic heterocycles. The highest BCUT2D eigenvalue weighted by Gasteiger charge is 2.32.